The van der Waals surface area contributed by atoms with Gasteiger partial charge >= 0.3 is 11.9 Å². The Bertz CT molecular complexity index is 246. The maximum atomic E-state index is 11.6. The lowest BCUT2D eigenvalue weighted by atomic mass is 10.2. The lowest BCUT2D eigenvalue weighted by molar-refractivity contribution is -0.152. The van der Waals surface area contributed by atoms with E-state index in [9.17, 15) is 9.59 Å². The van der Waals surface area contributed by atoms with Crippen molar-refractivity contribution < 1.29 is 19.1 Å². The Morgan fingerprint density at radius 3 is 2.39 bits per heavy atom. The highest BCUT2D eigenvalue weighted by Crippen LogP contribution is 1.99. The highest BCUT2D eigenvalue weighted by atomic mass is 16.5. The van der Waals surface area contributed by atoms with Crippen molar-refractivity contribution in [1.29, 1.82) is 0 Å². The van der Waals surface area contributed by atoms with E-state index in [4.69, 9.17) is 15.2 Å². The smallest absolute Gasteiger partial charge is 0.323 e. The van der Waals surface area contributed by atoms with Gasteiger partial charge in [-0.05, 0) is 39.8 Å². The van der Waals surface area contributed by atoms with Crippen LogP contribution in [0.25, 0.3) is 0 Å². The van der Waals surface area contributed by atoms with Crippen LogP contribution in [0.5, 0.6) is 0 Å². The van der Waals surface area contributed by atoms with E-state index in [-0.39, 0.29) is 6.42 Å². The first-order chi connectivity index (χ1) is 8.65. The Kier molecular flexibility index (Phi) is 10.3. The molecular formula is C12H24N2O4. The summed E-state index contributed by atoms with van der Waals surface area (Å²) in [5, 5.41) is 3.00. The molecule has 18 heavy (non-hydrogen) atoms. The summed E-state index contributed by atoms with van der Waals surface area (Å²) in [6.07, 6.45) is 1.73. The molecule has 1 atom stereocenters. The summed E-state index contributed by atoms with van der Waals surface area (Å²) in [6, 6.07) is -0.637. The number of hydrogen-bond donors (Lipinski definition) is 2. The molecule has 0 spiro atoms. The van der Waals surface area contributed by atoms with Gasteiger partial charge in [-0.15, -0.1) is 0 Å². The quantitative estimate of drug-likeness (QED) is 0.431. The van der Waals surface area contributed by atoms with Crippen molar-refractivity contribution in [1.82, 2.24) is 5.32 Å². The van der Waals surface area contributed by atoms with Gasteiger partial charge < -0.3 is 20.5 Å². The number of unbranched alkanes of at least 4 members (excludes halogenated alkanes) is 1. The van der Waals surface area contributed by atoms with Crippen molar-refractivity contribution in [2.75, 3.05) is 26.3 Å². The van der Waals surface area contributed by atoms with Gasteiger partial charge in [0.2, 0.25) is 0 Å². The molecule has 0 aliphatic carbocycles. The highest BCUT2D eigenvalue weighted by molar-refractivity contribution is 5.82. The molecule has 6 nitrogen and oxygen atoms in total. The molecule has 0 heterocycles. The number of nitrogens with one attached hydrogen (secondary N) is 1. The Balaban J connectivity index is 4.15. The van der Waals surface area contributed by atoms with E-state index in [2.05, 4.69) is 5.32 Å². The molecular weight excluding hydrogens is 236 g/mol. The van der Waals surface area contributed by atoms with Crippen LogP contribution in [-0.2, 0) is 19.1 Å². The number of rotatable bonds is 10. The molecule has 1 unspecified atom stereocenters. The van der Waals surface area contributed by atoms with E-state index in [0.29, 0.717) is 26.3 Å². The van der Waals surface area contributed by atoms with Crippen molar-refractivity contribution in [2.24, 2.45) is 5.73 Å². The number of nitrogens with two attached hydrogens (primary N) is 1. The molecule has 0 aromatic heterocycles. The molecule has 0 aliphatic rings. The number of carbonyl (C=O) groups excluding carboxylic acids is 2. The van der Waals surface area contributed by atoms with E-state index >= 15 is 0 Å². The predicted molar refractivity (Wildman–Crippen MR) is 68.0 cm³/mol. The predicted octanol–water partition coefficient (Wildman–Crippen LogP) is 0.200. The number of ether oxygens (including phenoxy) is 2. The van der Waals surface area contributed by atoms with Crippen molar-refractivity contribution in [3.8, 4) is 0 Å². The maximum Gasteiger partial charge on any atom is 0.323 e. The van der Waals surface area contributed by atoms with E-state index in [0.717, 1.165) is 12.8 Å². The summed E-state index contributed by atoms with van der Waals surface area (Å²) in [7, 11) is 0. The van der Waals surface area contributed by atoms with Gasteiger partial charge in [0.15, 0.2) is 0 Å². The third-order valence-corrected chi connectivity index (χ3v) is 2.27. The van der Waals surface area contributed by atoms with Gasteiger partial charge in [0, 0.05) is 0 Å². The number of esters is 2. The minimum absolute atomic E-state index is 0.00466. The van der Waals surface area contributed by atoms with E-state index in [1.807, 2.05) is 0 Å². The minimum Gasteiger partial charge on any atom is -0.466 e. The molecule has 0 amide bonds. The molecule has 0 aliphatic heterocycles. The van der Waals surface area contributed by atoms with Crippen LogP contribution in [0, 0.1) is 0 Å². The summed E-state index contributed by atoms with van der Waals surface area (Å²) in [5.74, 6) is -0.819. The molecule has 0 aromatic carbocycles. The standard InChI is InChI=1S/C12H24N2O4/c1-3-17-11(15)9-10(12(16)18-4-2)14-8-6-5-7-13/h10,14H,3-9,13H2,1-2H3. The maximum absolute atomic E-state index is 11.6. The second-order valence-corrected chi connectivity index (χ2v) is 3.76. The summed E-state index contributed by atoms with van der Waals surface area (Å²) < 4.78 is 9.73. The zero-order valence-corrected chi connectivity index (χ0v) is 11.2. The van der Waals surface area contributed by atoms with Gasteiger partial charge in [-0.2, -0.15) is 0 Å². The van der Waals surface area contributed by atoms with Crippen LogP contribution < -0.4 is 11.1 Å². The zero-order chi connectivity index (χ0) is 13.8. The zero-order valence-electron chi connectivity index (χ0n) is 11.2. The topological polar surface area (TPSA) is 90.6 Å². The first-order valence-electron chi connectivity index (χ1n) is 6.41. The van der Waals surface area contributed by atoms with E-state index in [1.54, 1.807) is 13.8 Å². The molecule has 0 fully saturated rings. The second-order valence-electron chi connectivity index (χ2n) is 3.76. The second kappa shape index (κ2) is 11.0. The van der Waals surface area contributed by atoms with Crippen molar-refractivity contribution in [2.45, 2.75) is 39.2 Å². The number of hydrogen-bond acceptors (Lipinski definition) is 6. The third kappa shape index (κ3) is 8.03. The van der Waals surface area contributed by atoms with Gasteiger partial charge in [-0.3, -0.25) is 9.59 Å². The summed E-state index contributed by atoms with van der Waals surface area (Å²) >= 11 is 0. The lowest BCUT2D eigenvalue weighted by Gasteiger charge is -2.16. The molecule has 6 heteroatoms. The Hall–Kier alpha value is -1.14. The molecule has 106 valence electrons. The highest BCUT2D eigenvalue weighted by Gasteiger charge is 2.22. The van der Waals surface area contributed by atoms with Crippen LogP contribution in [0.1, 0.15) is 33.1 Å². The number of carbonyl (C=O) groups is 2. The lowest BCUT2D eigenvalue weighted by Crippen LogP contribution is -2.40. The van der Waals surface area contributed by atoms with Crippen LogP contribution in [0.4, 0.5) is 0 Å². The summed E-state index contributed by atoms with van der Waals surface area (Å²) in [4.78, 5) is 23.0. The first-order valence-corrected chi connectivity index (χ1v) is 6.41. The third-order valence-electron chi connectivity index (χ3n) is 2.27. The molecule has 0 bridgehead atoms. The fourth-order valence-electron chi connectivity index (χ4n) is 1.41. The molecule has 3 N–H and O–H groups in total. The van der Waals surface area contributed by atoms with Crippen LogP contribution >= 0.6 is 0 Å². The minimum atomic E-state index is -0.637. The summed E-state index contributed by atoms with van der Waals surface area (Å²) in [5.41, 5.74) is 5.38. The SMILES string of the molecule is CCOC(=O)CC(NCCCCN)C(=O)OCC. The summed E-state index contributed by atoms with van der Waals surface area (Å²) in [6.45, 7) is 5.30. The van der Waals surface area contributed by atoms with Crippen LogP contribution in [-0.4, -0.2) is 44.3 Å². The Labute approximate surface area is 108 Å². The van der Waals surface area contributed by atoms with Crippen molar-refractivity contribution in [3.63, 3.8) is 0 Å². The van der Waals surface area contributed by atoms with Gasteiger partial charge in [-0.25, -0.2) is 0 Å². The van der Waals surface area contributed by atoms with Gasteiger partial charge in [0.25, 0.3) is 0 Å². The van der Waals surface area contributed by atoms with Gasteiger partial charge in [0.1, 0.15) is 6.04 Å². The Morgan fingerprint density at radius 2 is 1.83 bits per heavy atom. The van der Waals surface area contributed by atoms with Crippen LogP contribution in [0.3, 0.4) is 0 Å². The molecule has 0 rings (SSSR count). The van der Waals surface area contributed by atoms with E-state index < -0.39 is 18.0 Å². The average molecular weight is 260 g/mol. The molecule has 0 radical (unpaired) electrons. The average Bonchev–Trinajstić information content (AvgIpc) is 2.33. The van der Waals surface area contributed by atoms with Gasteiger partial charge in [-0.1, -0.05) is 0 Å². The van der Waals surface area contributed by atoms with Gasteiger partial charge in [0.05, 0.1) is 19.6 Å². The molecule has 0 saturated carbocycles. The van der Waals surface area contributed by atoms with Crippen molar-refractivity contribution >= 4 is 11.9 Å². The molecule has 0 aromatic rings. The first kappa shape index (κ1) is 16.9. The fraction of sp³-hybridized carbons (Fsp3) is 0.833. The van der Waals surface area contributed by atoms with Crippen LogP contribution in [0.2, 0.25) is 0 Å². The monoisotopic (exact) mass is 260 g/mol. The van der Waals surface area contributed by atoms with Crippen LogP contribution in [0.15, 0.2) is 0 Å². The largest absolute Gasteiger partial charge is 0.466 e. The van der Waals surface area contributed by atoms with E-state index in [1.165, 1.54) is 0 Å². The fourth-order valence-corrected chi connectivity index (χ4v) is 1.41. The molecule has 0 saturated heterocycles. The Morgan fingerprint density at radius 1 is 1.17 bits per heavy atom. The van der Waals surface area contributed by atoms with Crippen molar-refractivity contribution in [3.05, 3.63) is 0 Å². The normalized spacial score (nSPS) is 11.9.